The van der Waals surface area contributed by atoms with Crippen molar-refractivity contribution in [2.45, 2.75) is 19.8 Å². The Balaban J connectivity index is 2.05. The smallest absolute Gasteiger partial charge is 0.251 e. The molecule has 118 valence electrons. The fourth-order valence-electron chi connectivity index (χ4n) is 2.02. The van der Waals surface area contributed by atoms with Crippen LogP contribution in [0.15, 0.2) is 58.8 Å². The average molecular weight is 309 g/mol. The average Bonchev–Trinajstić information content (AvgIpc) is 2.60. The quantitative estimate of drug-likeness (QED) is 0.632. The van der Waals surface area contributed by atoms with Crippen molar-refractivity contribution in [2.75, 3.05) is 7.05 Å². The Morgan fingerprint density at radius 3 is 1.78 bits per heavy atom. The van der Waals surface area contributed by atoms with Crippen LogP contribution in [0, 0.1) is 0 Å². The van der Waals surface area contributed by atoms with Gasteiger partial charge in [0.2, 0.25) is 0 Å². The zero-order chi connectivity index (χ0) is 16.7. The standard InChI is InChI=1S/C18H19N3O2/c1-3-4-17(22)13-5-9-15(10-6-13)20-21-16-11-7-14(8-12-16)18(23)19-2/h5-12H,3-4H2,1-2H3,(H,19,23). The van der Waals surface area contributed by atoms with Gasteiger partial charge in [-0.05, 0) is 55.0 Å². The van der Waals surface area contributed by atoms with Crippen molar-refractivity contribution in [3.05, 3.63) is 59.7 Å². The maximum Gasteiger partial charge on any atom is 0.251 e. The third kappa shape index (κ3) is 4.57. The molecule has 1 N–H and O–H groups in total. The molecular weight excluding hydrogens is 290 g/mol. The lowest BCUT2D eigenvalue weighted by molar-refractivity contribution is 0.0960. The second kappa shape index (κ2) is 7.98. The van der Waals surface area contributed by atoms with Crippen molar-refractivity contribution in [1.82, 2.24) is 5.32 Å². The van der Waals surface area contributed by atoms with E-state index in [0.717, 1.165) is 6.42 Å². The second-order valence-electron chi connectivity index (χ2n) is 5.05. The van der Waals surface area contributed by atoms with Crippen LogP contribution in [0.5, 0.6) is 0 Å². The highest BCUT2D eigenvalue weighted by Gasteiger charge is 2.04. The van der Waals surface area contributed by atoms with Gasteiger partial charge >= 0.3 is 0 Å². The predicted molar refractivity (Wildman–Crippen MR) is 89.7 cm³/mol. The summed E-state index contributed by atoms with van der Waals surface area (Å²) < 4.78 is 0. The molecule has 2 aromatic rings. The lowest BCUT2D eigenvalue weighted by atomic mass is 10.1. The summed E-state index contributed by atoms with van der Waals surface area (Å²) in [5.41, 5.74) is 2.60. The van der Waals surface area contributed by atoms with E-state index in [9.17, 15) is 9.59 Å². The van der Waals surface area contributed by atoms with Crippen molar-refractivity contribution in [1.29, 1.82) is 0 Å². The number of nitrogens with one attached hydrogen (secondary N) is 1. The Morgan fingerprint density at radius 2 is 1.35 bits per heavy atom. The van der Waals surface area contributed by atoms with Crippen LogP contribution in [-0.2, 0) is 0 Å². The van der Waals surface area contributed by atoms with Crippen LogP contribution in [0.1, 0.15) is 40.5 Å². The maximum absolute atomic E-state index is 11.8. The molecule has 0 fully saturated rings. The topological polar surface area (TPSA) is 70.9 Å². The molecule has 2 aromatic carbocycles. The van der Waals surface area contributed by atoms with E-state index in [0.29, 0.717) is 28.9 Å². The van der Waals surface area contributed by atoms with Crippen molar-refractivity contribution in [3.8, 4) is 0 Å². The number of azo groups is 1. The number of carbonyl (C=O) groups excluding carboxylic acids is 2. The highest BCUT2D eigenvalue weighted by molar-refractivity contribution is 5.96. The largest absolute Gasteiger partial charge is 0.355 e. The van der Waals surface area contributed by atoms with Crippen molar-refractivity contribution < 1.29 is 9.59 Å². The van der Waals surface area contributed by atoms with Gasteiger partial charge in [0.25, 0.3) is 5.91 Å². The molecule has 0 aromatic heterocycles. The van der Waals surface area contributed by atoms with Gasteiger partial charge in [-0.1, -0.05) is 6.92 Å². The van der Waals surface area contributed by atoms with Gasteiger partial charge in [0, 0.05) is 24.6 Å². The summed E-state index contributed by atoms with van der Waals surface area (Å²) >= 11 is 0. The summed E-state index contributed by atoms with van der Waals surface area (Å²) in [6.07, 6.45) is 1.39. The van der Waals surface area contributed by atoms with Gasteiger partial charge < -0.3 is 5.32 Å². The van der Waals surface area contributed by atoms with E-state index in [1.807, 2.05) is 6.92 Å². The minimum atomic E-state index is -0.138. The number of hydrogen-bond acceptors (Lipinski definition) is 4. The number of rotatable bonds is 6. The Hall–Kier alpha value is -2.82. The van der Waals surface area contributed by atoms with Crippen LogP contribution in [-0.4, -0.2) is 18.7 Å². The molecule has 0 heterocycles. The molecule has 0 bridgehead atoms. The predicted octanol–water partition coefficient (Wildman–Crippen LogP) is 4.44. The fourth-order valence-corrected chi connectivity index (χ4v) is 2.02. The minimum Gasteiger partial charge on any atom is -0.355 e. The molecule has 23 heavy (non-hydrogen) atoms. The second-order valence-corrected chi connectivity index (χ2v) is 5.05. The van der Waals surface area contributed by atoms with E-state index in [1.165, 1.54) is 0 Å². The third-order valence-corrected chi connectivity index (χ3v) is 3.30. The normalized spacial score (nSPS) is 10.7. The number of ketones is 1. The Labute approximate surface area is 135 Å². The molecule has 0 aliphatic heterocycles. The van der Waals surface area contributed by atoms with E-state index in [1.54, 1.807) is 55.6 Å². The number of nitrogens with zero attached hydrogens (tertiary/aromatic N) is 2. The summed E-state index contributed by atoms with van der Waals surface area (Å²) in [6, 6.07) is 13.9. The molecule has 0 spiro atoms. The summed E-state index contributed by atoms with van der Waals surface area (Å²) in [4.78, 5) is 23.2. The monoisotopic (exact) mass is 309 g/mol. The molecule has 1 amide bonds. The Kier molecular flexibility index (Phi) is 5.74. The van der Waals surface area contributed by atoms with E-state index in [2.05, 4.69) is 15.5 Å². The Morgan fingerprint density at radius 1 is 0.870 bits per heavy atom. The zero-order valence-corrected chi connectivity index (χ0v) is 13.2. The van der Waals surface area contributed by atoms with Crippen LogP contribution in [0.2, 0.25) is 0 Å². The summed E-state index contributed by atoms with van der Waals surface area (Å²) in [5, 5.41) is 10.8. The number of carbonyl (C=O) groups is 2. The molecule has 0 saturated heterocycles. The lowest BCUT2D eigenvalue weighted by Crippen LogP contribution is -2.17. The van der Waals surface area contributed by atoms with Gasteiger partial charge in [-0.2, -0.15) is 10.2 Å². The van der Waals surface area contributed by atoms with E-state index in [4.69, 9.17) is 0 Å². The Bertz CT molecular complexity index is 704. The molecular formula is C18H19N3O2. The SMILES string of the molecule is CCCC(=O)c1ccc(N=Nc2ccc(C(=O)NC)cc2)cc1. The molecule has 0 aliphatic carbocycles. The molecule has 5 nitrogen and oxygen atoms in total. The molecule has 0 atom stereocenters. The molecule has 0 aliphatic rings. The fraction of sp³-hybridized carbons (Fsp3) is 0.222. The van der Waals surface area contributed by atoms with Gasteiger partial charge in [-0.15, -0.1) is 0 Å². The van der Waals surface area contributed by atoms with E-state index >= 15 is 0 Å². The number of amides is 1. The van der Waals surface area contributed by atoms with Crippen LogP contribution < -0.4 is 5.32 Å². The number of benzene rings is 2. The first-order valence-electron chi connectivity index (χ1n) is 7.51. The van der Waals surface area contributed by atoms with E-state index in [-0.39, 0.29) is 11.7 Å². The number of hydrogen-bond donors (Lipinski definition) is 1. The molecule has 0 unspecified atom stereocenters. The third-order valence-electron chi connectivity index (χ3n) is 3.30. The van der Waals surface area contributed by atoms with Gasteiger partial charge in [0.15, 0.2) is 5.78 Å². The maximum atomic E-state index is 11.8. The lowest BCUT2D eigenvalue weighted by Gasteiger charge is -2.00. The number of Topliss-reactive ketones (excluding diaryl/α,β-unsaturated/α-hetero) is 1. The summed E-state index contributed by atoms with van der Waals surface area (Å²) in [7, 11) is 1.59. The van der Waals surface area contributed by atoms with Crippen LogP contribution >= 0.6 is 0 Å². The summed E-state index contributed by atoms with van der Waals surface area (Å²) in [6.45, 7) is 1.98. The minimum absolute atomic E-state index is 0.138. The summed E-state index contributed by atoms with van der Waals surface area (Å²) in [5.74, 6) is 0.00148. The van der Waals surface area contributed by atoms with Crippen molar-refractivity contribution in [3.63, 3.8) is 0 Å². The zero-order valence-electron chi connectivity index (χ0n) is 13.2. The molecule has 0 saturated carbocycles. The highest BCUT2D eigenvalue weighted by atomic mass is 16.1. The van der Waals surface area contributed by atoms with Gasteiger partial charge in [-0.3, -0.25) is 9.59 Å². The van der Waals surface area contributed by atoms with Crippen molar-refractivity contribution in [2.24, 2.45) is 10.2 Å². The van der Waals surface area contributed by atoms with Gasteiger partial charge in [-0.25, -0.2) is 0 Å². The van der Waals surface area contributed by atoms with Crippen LogP contribution in [0.25, 0.3) is 0 Å². The van der Waals surface area contributed by atoms with Gasteiger partial charge in [0.05, 0.1) is 11.4 Å². The molecule has 2 rings (SSSR count). The first kappa shape index (κ1) is 16.5. The van der Waals surface area contributed by atoms with Crippen molar-refractivity contribution >= 4 is 23.1 Å². The molecule has 5 heteroatoms. The van der Waals surface area contributed by atoms with Crippen LogP contribution in [0.4, 0.5) is 11.4 Å². The highest BCUT2D eigenvalue weighted by Crippen LogP contribution is 2.19. The van der Waals surface area contributed by atoms with Crippen LogP contribution in [0.3, 0.4) is 0 Å². The molecule has 0 radical (unpaired) electrons. The van der Waals surface area contributed by atoms with Gasteiger partial charge in [0.1, 0.15) is 0 Å². The first-order valence-corrected chi connectivity index (χ1v) is 7.51. The van der Waals surface area contributed by atoms with E-state index < -0.39 is 0 Å². The first-order chi connectivity index (χ1) is 11.1.